The van der Waals surface area contributed by atoms with Crippen LogP contribution in [0.5, 0.6) is 0 Å². The molecule has 2 N–H and O–H groups in total. The first kappa shape index (κ1) is 18.5. The van der Waals surface area contributed by atoms with Crippen LogP contribution in [0.1, 0.15) is 59.8 Å². The highest BCUT2D eigenvalue weighted by Crippen LogP contribution is 2.40. The number of nitrogens with two attached hydrogens (primary N) is 1. The van der Waals surface area contributed by atoms with Gasteiger partial charge in [0.2, 0.25) is 0 Å². The highest BCUT2D eigenvalue weighted by molar-refractivity contribution is 6.74. The zero-order valence-electron chi connectivity index (χ0n) is 15.9. The van der Waals surface area contributed by atoms with Gasteiger partial charge in [-0.25, -0.2) is 4.68 Å². The number of hydrogen-bond acceptors (Lipinski definition) is 4. The first-order valence-corrected chi connectivity index (χ1v) is 11.4. The van der Waals surface area contributed by atoms with E-state index in [-0.39, 0.29) is 22.8 Å². The van der Waals surface area contributed by atoms with E-state index in [1.165, 1.54) is 0 Å². The molecule has 132 valence electrons. The van der Waals surface area contributed by atoms with Gasteiger partial charge in [-0.1, -0.05) is 20.8 Å². The van der Waals surface area contributed by atoms with Crippen molar-refractivity contribution in [3.8, 4) is 0 Å². The molecule has 23 heavy (non-hydrogen) atoms. The van der Waals surface area contributed by atoms with Gasteiger partial charge in [-0.3, -0.25) is 0 Å². The molecule has 0 amide bonds. The molecule has 2 heterocycles. The minimum Gasteiger partial charge on any atom is -0.411 e. The number of nitrogen functional groups attached to an aromatic ring is 1. The Bertz CT molecular complexity index is 555. The van der Waals surface area contributed by atoms with Gasteiger partial charge in [-0.05, 0) is 38.9 Å². The van der Waals surface area contributed by atoms with Crippen LogP contribution in [-0.2, 0) is 14.7 Å². The molecule has 2 rings (SSSR count). The minimum atomic E-state index is -1.77. The molecule has 1 saturated heterocycles. The lowest BCUT2D eigenvalue weighted by molar-refractivity contribution is 0.0882. The van der Waals surface area contributed by atoms with E-state index in [9.17, 15) is 0 Å². The lowest BCUT2D eigenvalue weighted by Crippen LogP contribution is -2.44. The zero-order valence-corrected chi connectivity index (χ0v) is 16.9. The summed E-state index contributed by atoms with van der Waals surface area (Å²) in [7, 11) is -1.77. The highest BCUT2D eigenvalue weighted by Gasteiger charge is 2.41. The molecular weight excluding hydrogens is 306 g/mol. The Morgan fingerprint density at radius 1 is 1.26 bits per heavy atom. The molecule has 0 radical (unpaired) electrons. The van der Waals surface area contributed by atoms with Crippen molar-refractivity contribution in [2.75, 3.05) is 12.3 Å². The number of rotatable bonds is 3. The van der Waals surface area contributed by atoms with Gasteiger partial charge in [0.25, 0.3) is 0 Å². The molecule has 5 nitrogen and oxygen atoms in total. The summed E-state index contributed by atoms with van der Waals surface area (Å²) in [5.41, 5.74) is 6.90. The van der Waals surface area contributed by atoms with Crippen LogP contribution in [0.15, 0.2) is 6.07 Å². The first-order valence-electron chi connectivity index (χ1n) is 8.46. The van der Waals surface area contributed by atoms with E-state index in [1.54, 1.807) is 0 Å². The maximum absolute atomic E-state index is 6.47. The molecule has 0 unspecified atom stereocenters. The summed E-state index contributed by atoms with van der Waals surface area (Å²) in [5.74, 6) is 0.685. The van der Waals surface area contributed by atoms with Gasteiger partial charge < -0.3 is 14.9 Å². The summed E-state index contributed by atoms with van der Waals surface area (Å²) in [6, 6.07) is 1.94. The maximum atomic E-state index is 6.47. The van der Waals surface area contributed by atoms with Crippen LogP contribution in [-0.4, -0.2) is 30.8 Å². The predicted octanol–water partition coefficient (Wildman–Crippen LogP) is 4.07. The van der Waals surface area contributed by atoms with Crippen LogP contribution in [0.4, 0.5) is 5.82 Å². The molecule has 1 aliphatic rings. The second-order valence-corrected chi connectivity index (χ2v) is 13.9. The fourth-order valence-electron chi connectivity index (χ4n) is 2.59. The summed E-state index contributed by atoms with van der Waals surface area (Å²) < 4.78 is 14.3. The van der Waals surface area contributed by atoms with Crippen molar-refractivity contribution < 1.29 is 9.16 Å². The molecule has 6 heteroatoms. The van der Waals surface area contributed by atoms with Gasteiger partial charge in [-0.15, -0.1) is 0 Å². The van der Waals surface area contributed by atoms with Crippen LogP contribution >= 0.6 is 0 Å². The monoisotopic (exact) mass is 339 g/mol. The summed E-state index contributed by atoms with van der Waals surface area (Å²) in [6.07, 6.45) is 0.991. The predicted molar refractivity (Wildman–Crippen MR) is 97.0 cm³/mol. The van der Waals surface area contributed by atoms with Crippen molar-refractivity contribution in [3.05, 3.63) is 11.8 Å². The average molecular weight is 340 g/mol. The Kier molecular flexibility index (Phi) is 4.74. The van der Waals surface area contributed by atoms with Crippen molar-refractivity contribution in [2.24, 2.45) is 0 Å². The highest BCUT2D eigenvalue weighted by atomic mass is 28.4. The van der Waals surface area contributed by atoms with Gasteiger partial charge >= 0.3 is 0 Å². The largest absolute Gasteiger partial charge is 0.411 e. The SMILES string of the molecule is CC(C)(C)n1nc([C@@H]2C[C@@H](O[Si](C)(C)C(C)(C)C)CO2)cc1N. The average Bonchev–Trinajstić information content (AvgIpc) is 2.92. The van der Waals surface area contributed by atoms with E-state index < -0.39 is 8.32 Å². The van der Waals surface area contributed by atoms with E-state index in [2.05, 4.69) is 59.7 Å². The van der Waals surface area contributed by atoms with Gasteiger partial charge in [0.05, 0.1) is 23.9 Å². The van der Waals surface area contributed by atoms with Crippen molar-refractivity contribution in [3.63, 3.8) is 0 Å². The van der Waals surface area contributed by atoms with Crippen LogP contribution in [0, 0.1) is 0 Å². The second-order valence-electron chi connectivity index (χ2n) is 9.13. The standard InChI is InChI=1S/C17H33N3O2Si/c1-16(2,3)20-15(18)10-13(19-20)14-9-12(11-21-14)22-23(7,8)17(4,5)6/h10,12,14H,9,11,18H2,1-8H3/t12-,14+/m1/s1. The van der Waals surface area contributed by atoms with Crippen molar-refractivity contribution in [2.45, 2.75) is 83.8 Å². The number of ether oxygens (including phenoxy) is 1. The van der Waals surface area contributed by atoms with Crippen LogP contribution in [0.25, 0.3) is 0 Å². The van der Waals surface area contributed by atoms with E-state index in [0.29, 0.717) is 12.4 Å². The number of nitrogens with zero attached hydrogens (tertiary/aromatic N) is 2. The number of anilines is 1. The topological polar surface area (TPSA) is 62.3 Å². The lowest BCUT2D eigenvalue weighted by atomic mass is 10.1. The number of aromatic nitrogens is 2. The molecule has 1 aromatic heterocycles. The summed E-state index contributed by atoms with van der Waals surface area (Å²) in [4.78, 5) is 0. The molecule has 1 aliphatic heterocycles. The van der Waals surface area contributed by atoms with Crippen LogP contribution < -0.4 is 5.73 Å². The molecule has 0 saturated carbocycles. The smallest absolute Gasteiger partial charge is 0.192 e. The van der Waals surface area contributed by atoms with Crippen molar-refractivity contribution >= 4 is 14.1 Å². The Balaban J connectivity index is 2.07. The third-order valence-corrected chi connectivity index (χ3v) is 9.48. The third-order valence-electron chi connectivity index (χ3n) is 4.95. The molecular formula is C17H33N3O2Si. The summed E-state index contributed by atoms with van der Waals surface area (Å²) in [6.45, 7) is 18.3. The second kappa shape index (κ2) is 5.90. The Morgan fingerprint density at radius 3 is 2.35 bits per heavy atom. The minimum absolute atomic E-state index is 0.0179. The third kappa shape index (κ3) is 3.98. The fraction of sp³-hybridized carbons (Fsp3) is 0.824. The van der Waals surface area contributed by atoms with E-state index in [0.717, 1.165) is 12.1 Å². The van der Waals surface area contributed by atoms with Crippen LogP contribution in [0.3, 0.4) is 0 Å². The Morgan fingerprint density at radius 2 is 1.87 bits per heavy atom. The summed E-state index contributed by atoms with van der Waals surface area (Å²) in [5, 5.41) is 4.88. The zero-order chi connectivity index (χ0) is 17.6. The first-order chi connectivity index (χ1) is 10.3. The van der Waals surface area contributed by atoms with E-state index in [1.807, 2.05) is 10.7 Å². The van der Waals surface area contributed by atoms with Gasteiger partial charge in [0.15, 0.2) is 8.32 Å². The molecule has 0 aliphatic carbocycles. The van der Waals surface area contributed by atoms with Gasteiger partial charge in [0.1, 0.15) is 11.9 Å². The molecule has 1 fully saturated rings. The fourth-order valence-corrected chi connectivity index (χ4v) is 3.94. The molecule has 0 bridgehead atoms. The molecule has 1 aromatic rings. The Labute approximate surface area is 141 Å². The van der Waals surface area contributed by atoms with Gasteiger partial charge in [0, 0.05) is 12.5 Å². The number of hydrogen-bond donors (Lipinski definition) is 1. The maximum Gasteiger partial charge on any atom is 0.192 e. The van der Waals surface area contributed by atoms with Crippen molar-refractivity contribution in [1.29, 1.82) is 0 Å². The molecule has 0 spiro atoms. The van der Waals surface area contributed by atoms with Crippen LogP contribution in [0.2, 0.25) is 18.1 Å². The van der Waals surface area contributed by atoms with Crippen molar-refractivity contribution in [1.82, 2.24) is 9.78 Å². The Hall–Kier alpha value is -0.853. The quantitative estimate of drug-likeness (QED) is 0.843. The summed E-state index contributed by atoms with van der Waals surface area (Å²) >= 11 is 0. The molecule has 0 aromatic carbocycles. The normalized spacial score (nSPS) is 23.5. The van der Waals surface area contributed by atoms with E-state index in [4.69, 9.17) is 14.9 Å². The molecule has 2 atom stereocenters. The lowest BCUT2D eigenvalue weighted by Gasteiger charge is -2.38. The van der Waals surface area contributed by atoms with Gasteiger partial charge in [-0.2, -0.15) is 5.10 Å². The van der Waals surface area contributed by atoms with E-state index >= 15 is 0 Å².